The van der Waals surface area contributed by atoms with Crippen molar-refractivity contribution in [2.45, 2.75) is 44.6 Å². The van der Waals surface area contributed by atoms with Crippen molar-refractivity contribution in [1.82, 2.24) is 0 Å². The van der Waals surface area contributed by atoms with Crippen LogP contribution in [0.25, 0.3) is 0 Å². The van der Waals surface area contributed by atoms with Crippen molar-refractivity contribution >= 4 is 5.97 Å². The van der Waals surface area contributed by atoms with Gasteiger partial charge in [0.2, 0.25) is 0 Å². The average molecular weight is 154 g/mol. The number of rotatable bonds is 0. The highest BCUT2D eigenvalue weighted by Crippen LogP contribution is 2.43. The maximum Gasteiger partial charge on any atom is 0.306 e. The molecule has 1 aliphatic heterocycles. The van der Waals surface area contributed by atoms with Gasteiger partial charge in [0, 0.05) is 6.42 Å². The van der Waals surface area contributed by atoms with Crippen molar-refractivity contribution in [3.63, 3.8) is 0 Å². The second kappa shape index (κ2) is 2.23. The van der Waals surface area contributed by atoms with E-state index in [9.17, 15) is 4.79 Å². The molecule has 2 nitrogen and oxygen atoms in total. The number of hydrogen-bond donors (Lipinski definition) is 0. The molecule has 2 aliphatic rings. The summed E-state index contributed by atoms with van der Waals surface area (Å²) in [4.78, 5) is 10.9. The summed E-state index contributed by atoms with van der Waals surface area (Å²) in [5.41, 5.74) is -0.0174. The Morgan fingerprint density at radius 2 is 2.36 bits per heavy atom. The Morgan fingerprint density at radius 3 is 2.82 bits per heavy atom. The van der Waals surface area contributed by atoms with E-state index in [4.69, 9.17) is 4.74 Å². The van der Waals surface area contributed by atoms with Crippen molar-refractivity contribution in [3.8, 4) is 0 Å². The van der Waals surface area contributed by atoms with E-state index in [-0.39, 0.29) is 11.6 Å². The molecule has 2 fully saturated rings. The van der Waals surface area contributed by atoms with Crippen molar-refractivity contribution in [1.29, 1.82) is 0 Å². The van der Waals surface area contributed by atoms with Gasteiger partial charge in [-0.15, -0.1) is 0 Å². The fourth-order valence-electron chi connectivity index (χ4n) is 2.34. The van der Waals surface area contributed by atoms with Crippen LogP contribution in [0, 0.1) is 5.92 Å². The summed E-state index contributed by atoms with van der Waals surface area (Å²) in [6, 6.07) is 0. The summed E-state index contributed by atoms with van der Waals surface area (Å²) in [6.45, 7) is 2.24. The molecule has 0 radical (unpaired) electrons. The van der Waals surface area contributed by atoms with Crippen LogP contribution in [-0.4, -0.2) is 11.6 Å². The van der Waals surface area contributed by atoms with E-state index < -0.39 is 0 Å². The second-order valence-electron chi connectivity index (χ2n) is 4.01. The van der Waals surface area contributed by atoms with E-state index in [2.05, 4.69) is 6.92 Å². The van der Waals surface area contributed by atoms with Gasteiger partial charge in [0.25, 0.3) is 0 Å². The van der Waals surface area contributed by atoms with Gasteiger partial charge in [0.05, 0.1) is 0 Å². The zero-order valence-corrected chi connectivity index (χ0v) is 6.93. The second-order valence-corrected chi connectivity index (χ2v) is 4.01. The Bertz CT molecular complexity index is 188. The van der Waals surface area contributed by atoms with Gasteiger partial charge in [0.15, 0.2) is 0 Å². The van der Waals surface area contributed by atoms with Crippen molar-refractivity contribution in [2.75, 3.05) is 0 Å². The first-order chi connectivity index (χ1) is 5.20. The maximum atomic E-state index is 10.9. The third kappa shape index (κ3) is 1.15. The number of ether oxygens (including phenoxy) is 1. The summed E-state index contributed by atoms with van der Waals surface area (Å²) in [6.07, 6.45) is 5.04. The molecule has 0 aromatic heterocycles. The van der Waals surface area contributed by atoms with E-state index >= 15 is 0 Å². The van der Waals surface area contributed by atoms with Gasteiger partial charge in [0.1, 0.15) is 5.60 Å². The predicted octanol–water partition coefficient (Wildman–Crippen LogP) is 1.88. The molecule has 2 unspecified atom stereocenters. The molecule has 2 atom stereocenters. The number of hydrogen-bond acceptors (Lipinski definition) is 2. The van der Waals surface area contributed by atoms with Crippen molar-refractivity contribution < 1.29 is 9.53 Å². The molecular weight excluding hydrogens is 140 g/mol. The number of carbonyl (C=O) groups excluding carboxylic acids is 1. The van der Waals surface area contributed by atoms with Gasteiger partial charge < -0.3 is 4.74 Å². The fourth-order valence-corrected chi connectivity index (χ4v) is 2.34. The summed E-state index contributed by atoms with van der Waals surface area (Å²) in [5.74, 6) is 0.764. The minimum Gasteiger partial charge on any atom is -0.459 e. The highest BCUT2D eigenvalue weighted by molar-refractivity contribution is 5.72. The molecular formula is C9H14O2. The lowest BCUT2D eigenvalue weighted by atomic mass is 9.97. The standard InChI is InChI=1S/C9H14O2/c1-7-2-4-9(6-7)5-3-8(10)11-9/h7H,2-6H2,1H3. The molecule has 0 N–H and O–H groups in total. The highest BCUT2D eigenvalue weighted by atomic mass is 16.6. The predicted molar refractivity (Wildman–Crippen MR) is 41.1 cm³/mol. The van der Waals surface area contributed by atoms with Crippen molar-refractivity contribution in [3.05, 3.63) is 0 Å². The van der Waals surface area contributed by atoms with Crippen LogP contribution in [0.1, 0.15) is 39.0 Å². The van der Waals surface area contributed by atoms with Crippen LogP contribution in [0.3, 0.4) is 0 Å². The summed E-state index contributed by atoms with van der Waals surface area (Å²) >= 11 is 0. The zero-order chi connectivity index (χ0) is 7.90. The van der Waals surface area contributed by atoms with E-state index in [1.807, 2.05) is 0 Å². The molecule has 11 heavy (non-hydrogen) atoms. The third-order valence-corrected chi connectivity index (χ3v) is 2.93. The lowest BCUT2D eigenvalue weighted by Gasteiger charge is -2.20. The highest BCUT2D eigenvalue weighted by Gasteiger charge is 2.44. The number of carbonyl (C=O) groups is 1. The van der Waals surface area contributed by atoms with E-state index in [1.54, 1.807) is 0 Å². The average Bonchev–Trinajstić information content (AvgIpc) is 2.44. The van der Waals surface area contributed by atoms with Crippen LogP contribution < -0.4 is 0 Å². The maximum absolute atomic E-state index is 10.9. The molecule has 0 bridgehead atoms. The van der Waals surface area contributed by atoms with Gasteiger partial charge in [-0.3, -0.25) is 4.79 Å². The largest absolute Gasteiger partial charge is 0.459 e. The quantitative estimate of drug-likeness (QED) is 0.498. The Balaban J connectivity index is 2.07. The smallest absolute Gasteiger partial charge is 0.306 e. The first-order valence-corrected chi connectivity index (χ1v) is 4.42. The van der Waals surface area contributed by atoms with Gasteiger partial charge >= 0.3 is 5.97 Å². The number of esters is 1. The van der Waals surface area contributed by atoms with E-state index in [0.29, 0.717) is 6.42 Å². The molecule has 62 valence electrons. The molecule has 1 saturated carbocycles. The van der Waals surface area contributed by atoms with E-state index in [1.165, 1.54) is 6.42 Å². The van der Waals surface area contributed by atoms with Crippen LogP contribution in [0.15, 0.2) is 0 Å². The Hall–Kier alpha value is -0.530. The van der Waals surface area contributed by atoms with Crippen molar-refractivity contribution in [2.24, 2.45) is 5.92 Å². The Kier molecular flexibility index (Phi) is 1.44. The first kappa shape index (κ1) is 7.14. The molecule has 0 aromatic carbocycles. The van der Waals surface area contributed by atoms with Crippen LogP contribution in [-0.2, 0) is 9.53 Å². The molecule has 1 spiro atoms. The molecule has 2 rings (SSSR count). The molecule has 1 saturated heterocycles. The van der Waals surface area contributed by atoms with Gasteiger partial charge in [-0.05, 0) is 31.6 Å². The van der Waals surface area contributed by atoms with Crippen LogP contribution >= 0.6 is 0 Å². The van der Waals surface area contributed by atoms with Crippen LogP contribution in [0.2, 0.25) is 0 Å². The van der Waals surface area contributed by atoms with E-state index in [0.717, 1.165) is 25.2 Å². The molecule has 1 heterocycles. The minimum absolute atomic E-state index is 0.0131. The molecule has 0 aromatic rings. The third-order valence-electron chi connectivity index (χ3n) is 2.93. The van der Waals surface area contributed by atoms with Crippen LogP contribution in [0.5, 0.6) is 0 Å². The zero-order valence-electron chi connectivity index (χ0n) is 6.93. The fraction of sp³-hybridized carbons (Fsp3) is 0.889. The summed E-state index contributed by atoms with van der Waals surface area (Å²) in [7, 11) is 0. The van der Waals surface area contributed by atoms with Crippen LogP contribution in [0.4, 0.5) is 0 Å². The monoisotopic (exact) mass is 154 g/mol. The molecule has 1 aliphatic carbocycles. The van der Waals surface area contributed by atoms with Gasteiger partial charge in [-0.25, -0.2) is 0 Å². The normalized spacial score (nSPS) is 43.4. The Labute approximate surface area is 66.9 Å². The summed E-state index contributed by atoms with van der Waals surface area (Å²) in [5, 5.41) is 0. The lowest BCUT2D eigenvalue weighted by molar-refractivity contribution is -0.148. The topological polar surface area (TPSA) is 26.3 Å². The molecule has 0 amide bonds. The first-order valence-electron chi connectivity index (χ1n) is 4.42. The Morgan fingerprint density at radius 1 is 1.55 bits per heavy atom. The minimum atomic E-state index is -0.0174. The lowest BCUT2D eigenvalue weighted by Crippen LogP contribution is -2.23. The SMILES string of the molecule is CC1CCC2(CCC(=O)O2)C1. The van der Waals surface area contributed by atoms with Gasteiger partial charge in [-0.1, -0.05) is 6.92 Å². The molecule has 2 heteroatoms. The van der Waals surface area contributed by atoms with Gasteiger partial charge in [-0.2, -0.15) is 0 Å². The summed E-state index contributed by atoms with van der Waals surface area (Å²) < 4.78 is 5.34.